The molecule has 2 aliphatic heterocycles. The first-order chi connectivity index (χ1) is 20.3. The van der Waals surface area contributed by atoms with Gasteiger partial charge in [0, 0.05) is 39.6 Å². The van der Waals surface area contributed by atoms with Crippen LogP contribution in [0.25, 0.3) is 0 Å². The van der Waals surface area contributed by atoms with Crippen LogP contribution in [0, 0.1) is 0 Å². The van der Waals surface area contributed by atoms with Crippen molar-refractivity contribution in [1.82, 2.24) is 19.8 Å². The van der Waals surface area contributed by atoms with E-state index >= 15 is 0 Å². The molecule has 1 atom stereocenters. The lowest BCUT2D eigenvalue weighted by Gasteiger charge is -2.28. The highest BCUT2D eigenvalue weighted by atomic mass is 16.5. The van der Waals surface area contributed by atoms with Gasteiger partial charge in [-0.15, -0.1) is 0 Å². The Balaban J connectivity index is 1.42. The molecule has 1 aromatic heterocycles. The average Bonchev–Trinajstić information content (AvgIpc) is 3.46. The standard InChI is InChI=1S/C32H34N8O2/c1-37(2)25-12-6-22(7-13-25)18-39-21-35-28-29(39)33-20-34-30-32(28,24-10-16-27(42-5)17-11-24)36-31(41)40(30)19-23-8-14-26(15-9-23)38(3)4/h6-17,20-21H,18-19H2,1-5H3,(H,36,41). The number of hydrogen-bond acceptors (Lipinski definition) is 7. The topological polar surface area (TPSA) is 90.6 Å². The largest absolute Gasteiger partial charge is 0.497 e. The molecule has 3 aromatic carbocycles. The monoisotopic (exact) mass is 562 g/mol. The molecule has 10 heteroatoms. The van der Waals surface area contributed by atoms with Crippen LogP contribution in [0.3, 0.4) is 0 Å². The highest BCUT2D eigenvalue weighted by Gasteiger charge is 2.55. The normalized spacial score (nSPS) is 17.2. The number of benzene rings is 3. The Labute approximate surface area is 245 Å². The summed E-state index contributed by atoms with van der Waals surface area (Å²) in [6.07, 6.45) is 3.31. The van der Waals surface area contributed by atoms with Crippen molar-refractivity contribution in [2.45, 2.75) is 18.6 Å². The molecule has 1 saturated heterocycles. The summed E-state index contributed by atoms with van der Waals surface area (Å²) in [6, 6.07) is 23.9. The third-order valence-corrected chi connectivity index (χ3v) is 7.78. The van der Waals surface area contributed by atoms with Crippen LogP contribution in [0.2, 0.25) is 0 Å². The van der Waals surface area contributed by atoms with Crippen molar-refractivity contribution in [2.24, 2.45) is 9.98 Å². The minimum Gasteiger partial charge on any atom is -0.497 e. The second-order valence-corrected chi connectivity index (χ2v) is 10.9. The smallest absolute Gasteiger partial charge is 0.324 e. The second kappa shape index (κ2) is 10.7. The molecule has 1 unspecified atom stereocenters. The molecule has 1 fully saturated rings. The number of aromatic nitrogens is 2. The molecule has 42 heavy (non-hydrogen) atoms. The van der Waals surface area contributed by atoms with Gasteiger partial charge in [0.25, 0.3) is 0 Å². The van der Waals surface area contributed by atoms with Gasteiger partial charge in [0.15, 0.2) is 17.2 Å². The Morgan fingerprint density at radius 2 is 1.43 bits per heavy atom. The molecule has 0 bridgehead atoms. The van der Waals surface area contributed by atoms with Gasteiger partial charge in [0.1, 0.15) is 17.8 Å². The van der Waals surface area contributed by atoms with E-state index in [-0.39, 0.29) is 6.03 Å². The summed E-state index contributed by atoms with van der Waals surface area (Å²) in [5, 5.41) is 3.26. The van der Waals surface area contributed by atoms with Crippen LogP contribution < -0.4 is 19.9 Å². The quantitative estimate of drug-likeness (QED) is 0.339. The maximum Gasteiger partial charge on any atom is 0.324 e. The van der Waals surface area contributed by atoms with E-state index in [2.05, 4.69) is 34.5 Å². The maximum absolute atomic E-state index is 13.7. The van der Waals surface area contributed by atoms with Crippen molar-refractivity contribution >= 4 is 35.4 Å². The van der Waals surface area contributed by atoms with Crippen LogP contribution in [0.5, 0.6) is 5.75 Å². The van der Waals surface area contributed by atoms with E-state index in [4.69, 9.17) is 19.7 Å². The van der Waals surface area contributed by atoms with E-state index in [1.165, 1.54) is 6.34 Å². The van der Waals surface area contributed by atoms with Gasteiger partial charge in [0.05, 0.1) is 26.5 Å². The van der Waals surface area contributed by atoms with Crippen LogP contribution in [0.4, 0.5) is 22.0 Å². The number of hydrogen-bond donors (Lipinski definition) is 1. The van der Waals surface area contributed by atoms with Gasteiger partial charge < -0.3 is 24.4 Å². The number of carbonyl (C=O) groups is 1. The molecule has 214 valence electrons. The number of nitrogens with one attached hydrogen (secondary N) is 1. The molecule has 0 saturated carbocycles. The Morgan fingerprint density at radius 3 is 2.00 bits per heavy atom. The molecular weight excluding hydrogens is 528 g/mol. The summed E-state index contributed by atoms with van der Waals surface area (Å²) >= 11 is 0. The first-order valence-corrected chi connectivity index (χ1v) is 13.7. The minimum atomic E-state index is -1.14. The summed E-state index contributed by atoms with van der Waals surface area (Å²) in [5.74, 6) is 1.88. The number of amides is 2. The molecule has 2 aliphatic rings. The van der Waals surface area contributed by atoms with Crippen molar-refractivity contribution in [3.8, 4) is 5.75 Å². The van der Waals surface area contributed by atoms with Crippen LogP contribution in [-0.4, -0.2) is 68.0 Å². The highest BCUT2D eigenvalue weighted by molar-refractivity contribution is 6.15. The SMILES string of the molecule is COc1ccc(C23NC(=O)N(Cc4ccc(N(C)C)cc4)C2=NC=Nc2c3ncn2Cc2ccc(N(C)C)cc2)cc1. The van der Waals surface area contributed by atoms with Crippen molar-refractivity contribution in [2.75, 3.05) is 45.1 Å². The molecular formula is C32H34N8O2. The number of carbonyl (C=O) groups excluding carboxylic acids is 1. The number of rotatable bonds is 8. The van der Waals surface area contributed by atoms with E-state index in [1.807, 2.05) is 86.2 Å². The summed E-state index contributed by atoms with van der Waals surface area (Å²) in [5.41, 5.74) is 4.59. The summed E-state index contributed by atoms with van der Waals surface area (Å²) in [6.45, 7) is 0.912. The van der Waals surface area contributed by atoms with E-state index < -0.39 is 5.54 Å². The third-order valence-electron chi connectivity index (χ3n) is 7.78. The van der Waals surface area contributed by atoms with E-state index in [0.717, 1.165) is 28.1 Å². The average molecular weight is 563 g/mol. The zero-order valence-electron chi connectivity index (χ0n) is 24.4. The van der Waals surface area contributed by atoms with Crippen molar-refractivity contribution in [3.63, 3.8) is 0 Å². The number of amidine groups is 1. The fraction of sp³-hybridized carbons (Fsp3) is 0.250. The fourth-order valence-electron chi connectivity index (χ4n) is 5.45. The molecule has 2 amide bonds. The first kappa shape index (κ1) is 27.1. The molecule has 3 heterocycles. The van der Waals surface area contributed by atoms with Crippen molar-refractivity contribution < 1.29 is 9.53 Å². The lowest BCUT2D eigenvalue weighted by atomic mass is 9.85. The van der Waals surface area contributed by atoms with Crippen LogP contribution in [-0.2, 0) is 18.6 Å². The van der Waals surface area contributed by atoms with E-state index in [0.29, 0.717) is 36.2 Å². The van der Waals surface area contributed by atoms with Gasteiger partial charge >= 0.3 is 6.03 Å². The Morgan fingerprint density at radius 1 is 0.833 bits per heavy atom. The second-order valence-electron chi connectivity index (χ2n) is 10.9. The number of fused-ring (bicyclic) bond motifs is 3. The molecule has 1 N–H and O–H groups in total. The molecule has 6 rings (SSSR count). The zero-order valence-corrected chi connectivity index (χ0v) is 24.4. The molecule has 10 nitrogen and oxygen atoms in total. The van der Waals surface area contributed by atoms with Gasteiger partial charge in [0.2, 0.25) is 0 Å². The summed E-state index contributed by atoms with van der Waals surface area (Å²) < 4.78 is 7.42. The predicted octanol–water partition coefficient (Wildman–Crippen LogP) is 4.61. The van der Waals surface area contributed by atoms with Gasteiger partial charge in [-0.2, -0.15) is 0 Å². The number of nitrogens with zero attached hydrogens (tertiary/aromatic N) is 7. The zero-order chi connectivity index (χ0) is 29.4. The van der Waals surface area contributed by atoms with Crippen LogP contribution >= 0.6 is 0 Å². The van der Waals surface area contributed by atoms with Gasteiger partial charge in [-0.1, -0.05) is 36.4 Å². The lowest BCUT2D eigenvalue weighted by Crippen LogP contribution is -2.45. The van der Waals surface area contributed by atoms with Gasteiger partial charge in [-0.05, 0) is 53.1 Å². The Kier molecular flexibility index (Phi) is 6.89. The van der Waals surface area contributed by atoms with Crippen LogP contribution in [0.15, 0.2) is 89.1 Å². The third kappa shape index (κ3) is 4.64. The fourth-order valence-corrected chi connectivity index (χ4v) is 5.45. The van der Waals surface area contributed by atoms with Gasteiger partial charge in [-0.25, -0.2) is 19.8 Å². The van der Waals surface area contributed by atoms with Gasteiger partial charge in [-0.3, -0.25) is 4.90 Å². The number of ether oxygens (including phenoxy) is 1. The molecule has 0 radical (unpaired) electrons. The summed E-state index contributed by atoms with van der Waals surface area (Å²) in [7, 11) is 9.68. The highest BCUT2D eigenvalue weighted by Crippen LogP contribution is 2.42. The number of imidazole rings is 1. The maximum atomic E-state index is 13.7. The Hall–Kier alpha value is -5.12. The molecule has 4 aromatic rings. The summed E-state index contributed by atoms with van der Waals surface area (Å²) in [4.78, 5) is 33.9. The number of methoxy groups -OCH3 is 1. The first-order valence-electron chi connectivity index (χ1n) is 13.7. The number of aliphatic imine (C=N–C) groups is 2. The lowest BCUT2D eigenvalue weighted by molar-refractivity contribution is 0.225. The van der Waals surface area contributed by atoms with Crippen LogP contribution in [0.1, 0.15) is 22.4 Å². The number of anilines is 2. The van der Waals surface area contributed by atoms with Crippen molar-refractivity contribution in [1.29, 1.82) is 0 Å². The van der Waals surface area contributed by atoms with E-state index in [9.17, 15) is 4.79 Å². The predicted molar refractivity (Wildman–Crippen MR) is 166 cm³/mol. The molecule has 0 aliphatic carbocycles. The van der Waals surface area contributed by atoms with E-state index in [1.54, 1.807) is 18.3 Å². The van der Waals surface area contributed by atoms with Crippen molar-refractivity contribution in [3.05, 3.63) is 102 Å². The Bertz CT molecular complexity index is 1650. The number of urea groups is 1. The molecule has 0 spiro atoms. The minimum absolute atomic E-state index is 0.253.